The molecule has 4 nitrogen and oxygen atoms in total. The number of hydrogen-bond donors (Lipinski definition) is 2. The SMILES string of the molecule is CC(=O)c1cc(F)cc(CN2CCCC(CCO)C2)c1O. The lowest BCUT2D eigenvalue weighted by molar-refractivity contribution is 0.101. The molecule has 0 radical (unpaired) electrons. The fourth-order valence-electron chi connectivity index (χ4n) is 3.00. The second-order valence-electron chi connectivity index (χ2n) is 5.77. The van der Waals surface area contributed by atoms with Crippen LogP contribution in [0.5, 0.6) is 5.75 Å². The predicted molar refractivity (Wildman–Crippen MR) is 77.8 cm³/mol. The van der Waals surface area contributed by atoms with Gasteiger partial charge in [0, 0.05) is 25.3 Å². The summed E-state index contributed by atoms with van der Waals surface area (Å²) in [6, 6.07) is 2.36. The van der Waals surface area contributed by atoms with Crippen LogP contribution in [0.15, 0.2) is 12.1 Å². The third kappa shape index (κ3) is 4.02. The van der Waals surface area contributed by atoms with Gasteiger partial charge in [-0.05, 0) is 50.8 Å². The summed E-state index contributed by atoms with van der Waals surface area (Å²) in [5.41, 5.74) is 0.485. The van der Waals surface area contributed by atoms with Gasteiger partial charge in [0.25, 0.3) is 0 Å². The van der Waals surface area contributed by atoms with Crippen LogP contribution in [0, 0.1) is 11.7 Å². The highest BCUT2D eigenvalue weighted by atomic mass is 19.1. The number of hydrogen-bond acceptors (Lipinski definition) is 4. The average molecular weight is 295 g/mol. The van der Waals surface area contributed by atoms with Crippen molar-refractivity contribution in [2.24, 2.45) is 5.92 Å². The number of phenolic OH excluding ortho intramolecular Hbond substituents is 1. The molecule has 2 N–H and O–H groups in total. The minimum atomic E-state index is -0.503. The van der Waals surface area contributed by atoms with E-state index >= 15 is 0 Å². The van der Waals surface area contributed by atoms with Crippen LogP contribution in [0.1, 0.15) is 42.1 Å². The lowest BCUT2D eigenvalue weighted by atomic mass is 9.94. The molecule has 1 atom stereocenters. The van der Waals surface area contributed by atoms with Gasteiger partial charge in [0.1, 0.15) is 11.6 Å². The predicted octanol–water partition coefficient (Wildman–Crippen LogP) is 2.33. The summed E-state index contributed by atoms with van der Waals surface area (Å²) in [6.45, 7) is 3.62. The van der Waals surface area contributed by atoms with E-state index in [1.807, 2.05) is 0 Å². The van der Waals surface area contributed by atoms with E-state index in [9.17, 15) is 14.3 Å². The monoisotopic (exact) mass is 295 g/mol. The van der Waals surface area contributed by atoms with Gasteiger partial charge in [-0.25, -0.2) is 4.39 Å². The van der Waals surface area contributed by atoms with Crippen LogP contribution in [0.4, 0.5) is 4.39 Å². The molecule has 1 heterocycles. The van der Waals surface area contributed by atoms with E-state index in [-0.39, 0.29) is 23.7 Å². The summed E-state index contributed by atoms with van der Waals surface area (Å²) in [5, 5.41) is 19.2. The molecule has 1 unspecified atom stereocenters. The van der Waals surface area contributed by atoms with Crippen molar-refractivity contribution in [1.29, 1.82) is 0 Å². The van der Waals surface area contributed by atoms with Gasteiger partial charge in [0.15, 0.2) is 5.78 Å². The van der Waals surface area contributed by atoms with E-state index in [0.29, 0.717) is 18.0 Å². The first-order chi connectivity index (χ1) is 10.0. The first-order valence-electron chi connectivity index (χ1n) is 7.36. The Morgan fingerprint density at radius 1 is 1.48 bits per heavy atom. The Morgan fingerprint density at radius 2 is 2.24 bits per heavy atom. The fraction of sp³-hybridized carbons (Fsp3) is 0.562. The zero-order valence-electron chi connectivity index (χ0n) is 12.3. The highest BCUT2D eigenvalue weighted by Gasteiger charge is 2.22. The van der Waals surface area contributed by atoms with Gasteiger partial charge in [-0.3, -0.25) is 9.69 Å². The highest BCUT2D eigenvalue weighted by molar-refractivity contribution is 5.97. The summed E-state index contributed by atoms with van der Waals surface area (Å²) in [5.74, 6) is -0.526. The summed E-state index contributed by atoms with van der Waals surface area (Å²) < 4.78 is 13.6. The van der Waals surface area contributed by atoms with Crippen LogP contribution in [0.3, 0.4) is 0 Å². The summed E-state index contributed by atoms with van der Waals surface area (Å²) >= 11 is 0. The third-order valence-corrected chi connectivity index (χ3v) is 4.07. The van der Waals surface area contributed by atoms with Crippen molar-refractivity contribution in [3.05, 3.63) is 29.1 Å². The molecule has 21 heavy (non-hydrogen) atoms. The van der Waals surface area contributed by atoms with E-state index in [2.05, 4.69) is 4.90 Å². The molecule has 116 valence electrons. The first kappa shape index (κ1) is 15.9. The standard InChI is InChI=1S/C16H22FNO3/c1-11(20)15-8-14(17)7-13(16(15)21)10-18-5-2-3-12(9-18)4-6-19/h7-8,12,19,21H,2-6,9-10H2,1H3. The molecule has 1 fully saturated rings. The molecular formula is C16H22FNO3. The molecule has 1 aromatic carbocycles. The minimum absolute atomic E-state index is 0.0360. The Kier molecular flexibility index (Phi) is 5.31. The fourth-order valence-corrected chi connectivity index (χ4v) is 3.00. The molecule has 2 rings (SSSR count). The molecule has 0 saturated carbocycles. The van der Waals surface area contributed by atoms with Crippen molar-refractivity contribution in [3.8, 4) is 5.75 Å². The Bertz CT molecular complexity index is 516. The van der Waals surface area contributed by atoms with Gasteiger partial charge >= 0.3 is 0 Å². The van der Waals surface area contributed by atoms with Crippen molar-refractivity contribution in [3.63, 3.8) is 0 Å². The van der Waals surface area contributed by atoms with Gasteiger partial charge in [-0.2, -0.15) is 0 Å². The maximum Gasteiger partial charge on any atom is 0.163 e. The normalized spacial score (nSPS) is 19.7. The van der Waals surface area contributed by atoms with E-state index in [1.165, 1.54) is 13.0 Å². The Balaban J connectivity index is 2.13. The van der Waals surface area contributed by atoms with Gasteiger partial charge in [0.2, 0.25) is 0 Å². The number of rotatable bonds is 5. The smallest absolute Gasteiger partial charge is 0.163 e. The number of piperidine rings is 1. The molecule has 1 saturated heterocycles. The average Bonchev–Trinajstić information content (AvgIpc) is 2.43. The van der Waals surface area contributed by atoms with Gasteiger partial charge < -0.3 is 10.2 Å². The Morgan fingerprint density at radius 3 is 2.90 bits per heavy atom. The van der Waals surface area contributed by atoms with Gasteiger partial charge in [-0.15, -0.1) is 0 Å². The van der Waals surface area contributed by atoms with Crippen LogP contribution in [0.25, 0.3) is 0 Å². The lowest BCUT2D eigenvalue weighted by Crippen LogP contribution is -2.35. The van der Waals surface area contributed by atoms with E-state index in [1.54, 1.807) is 0 Å². The molecule has 0 aromatic heterocycles. The second-order valence-corrected chi connectivity index (χ2v) is 5.77. The molecule has 0 aliphatic carbocycles. The first-order valence-corrected chi connectivity index (χ1v) is 7.36. The molecule has 1 aromatic rings. The van der Waals surface area contributed by atoms with Crippen molar-refractivity contribution in [2.75, 3.05) is 19.7 Å². The number of ketones is 1. The minimum Gasteiger partial charge on any atom is -0.507 e. The van der Waals surface area contributed by atoms with Crippen LogP contribution < -0.4 is 0 Å². The number of nitrogens with zero attached hydrogens (tertiary/aromatic N) is 1. The molecule has 0 amide bonds. The quantitative estimate of drug-likeness (QED) is 0.819. The Labute approximate surface area is 124 Å². The van der Waals surface area contributed by atoms with Crippen LogP contribution in [-0.2, 0) is 6.54 Å². The second kappa shape index (κ2) is 7.00. The third-order valence-electron chi connectivity index (χ3n) is 4.07. The van der Waals surface area contributed by atoms with Crippen molar-refractivity contribution < 1.29 is 19.4 Å². The van der Waals surface area contributed by atoms with Crippen LogP contribution in [-0.4, -0.2) is 40.6 Å². The van der Waals surface area contributed by atoms with Crippen molar-refractivity contribution in [2.45, 2.75) is 32.7 Å². The largest absolute Gasteiger partial charge is 0.507 e. The van der Waals surface area contributed by atoms with E-state index in [0.717, 1.165) is 38.4 Å². The Hall–Kier alpha value is -1.46. The van der Waals surface area contributed by atoms with Crippen molar-refractivity contribution in [1.82, 2.24) is 4.90 Å². The molecule has 1 aliphatic heterocycles. The summed E-state index contributed by atoms with van der Waals surface area (Å²) in [7, 11) is 0. The number of benzene rings is 1. The number of aromatic hydroxyl groups is 1. The maximum atomic E-state index is 13.6. The number of phenols is 1. The van der Waals surface area contributed by atoms with Gasteiger partial charge in [-0.1, -0.05) is 0 Å². The zero-order chi connectivity index (χ0) is 15.4. The van der Waals surface area contributed by atoms with E-state index < -0.39 is 5.82 Å². The van der Waals surface area contributed by atoms with Crippen LogP contribution >= 0.6 is 0 Å². The van der Waals surface area contributed by atoms with Crippen molar-refractivity contribution >= 4 is 5.78 Å². The lowest BCUT2D eigenvalue weighted by Gasteiger charge is -2.32. The number of aliphatic hydroxyl groups is 1. The number of halogens is 1. The highest BCUT2D eigenvalue weighted by Crippen LogP contribution is 2.28. The number of carbonyl (C=O) groups is 1. The van der Waals surface area contributed by atoms with E-state index in [4.69, 9.17) is 5.11 Å². The van der Waals surface area contributed by atoms with Gasteiger partial charge in [0.05, 0.1) is 5.56 Å². The molecule has 1 aliphatic rings. The molecule has 0 bridgehead atoms. The summed E-state index contributed by atoms with van der Waals surface area (Å²) in [4.78, 5) is 13.6. The number of Topliss-reactive ketones (excluding diaryl/α,β-unsaturated/α-hetero) is 1. The zero-order valence-corrected chi connectivity index (χ0v) is 12.3. The maximum absolute atomic E-state index is 13.6. The molecule has 5 heteroatoms. The summed E-state index contributed by atoms with van der Waals surface area (Å²) in [6.07, 6.45) is 2.88. The molecular weight excluding hydrogens is 273 g/mol. The number of carbonyl (C=O) groups excluding carboxylic acids is 1. The van der Waals surface area contributed by atoms with Crippen LogP contribution in [0.2, 0.25) is 0 Å². The number of aliphatic hydroxyl groups excluding tert-OH is 1. The topological polar surface area (TPSA) is 60.8 Å². The molecule has 0 spiro atoms. The number of likely N-dealkylation sites (tertiary alicyclic amines) is 1.